The van der Waals surface area contributed by atoms with E-state index >= 15 is 0 Å². The Morgan fingerprint density at radius 1 is 1.16 bits per heavy atom. The predicted molar refractivity (Wildman–Crippen MR) is 69.1 cm³/mol. The average molecular weight is 290 g/mol. The van der Waals surface area contributed by atoms with Gasteiger partial charge in [0, 0.05) is 5.02 Å². The highest BCUT2D eigenvalue weighted by molar-refractivity contribution is 6.30. The summed E-state index contributed by atoms with van der Waals surface area (Å²) in [5, 5.41) is 30.0. The van der Waals surface area contributed by atoms with Gasteiger partial charge in [-0.1, -0.05) is 11.6 Å². The van der Waals surface area contributed by atoms with Crippen molar-refractivity contribution >= 4 is 17.5 Å². The van der Waals surface area contributed by atoms with Crippen LogP contribution in [-0.2, 0) is 4.79 Å². The summed E-state index contributed by atoms with van der Waals surface area (Å²) in [7, 11) is 0. The number of nitrogens with one attached hydrogen (secondary N) is 1. The largest absolute Gasteiger partial charge is 0.484 e. The van der Waals surface area contributed by atoms with Crippen LogP contribution in [0.1, 0.15) is 0 Å². The van der Waals surface area contributed by atoms with Gasteiger partial charge in [-0.2, -0.15) is 0 Å². The topological polar surface area (TPSA) is 99.0 Å². The lowest BCUT2D eigenvalue weighted by molar-refractivity contribution is -0.127. The lowest BCUT2D eigenvalue weighted by Crippen LogP contribution is -2.58. The molecule has 1 amide bonds. The first-order valence-corrected chi connectivity index (χ1v) is 5.95. The van der Waals surface area contributed by atoms with E-state index in [0.29, 0.717) is 10.8 Å². The van der Waals surface area contributed by atoms with Crippen molar-refractivity contribution in [3.05, 3.63) is 29.3 Å². The fraction of sp³-hybridized carbons (Fsp3) is 0.417. The molecule has 1 rings (SSSR count). The molecule has 0 saturated carbocycles. The van der Waals surface area contributed by atoms with Gasteiger partial charge >= 0.3 is 0 Å². The summed E-state index contributed by atoms with van der Waals surface area (Å²) in [6.45, 7) is -2.03. The summed E-state index contributed by atoms with van der Waals surface area (Å²) < 4.78 is 5.19. The lowest BCUT2D eigenvalue weighted by atomic mass is 10.0. The fourth-order valence-corrected chi connectivity index (χ4v) is 1.41. The molecule has 0 aliphatic carbocycles. The molecule has 0 radical (unpaired) electrons. The summed E-state index contributed by atoms with van der Waals surface area (Å²) in [6.07, 6.45) is 0. The Bertz CT molecular complexity index is 397. The van der Waals surface area contributed by atoms with Crippen LogP contribution in [0.25, 0.3) is 0 Å². The van der Waals surface area contributed by atoms with Gasteiger partial charge in [0.2, 0.25) is 0 Å². The zero-order chi connectivity index (χ0) is 14.3. The molecule has 0 aliphatic heterocycles. The molecule has 0 fully saturated rings. The number of carbonyl (C=O) groups excluding carboxylic acids is 1. The van der Waals surface area contributed by atoms with Gasteiger partial charge in [0.1, 0.15) is 11.3 Å². The normalized spacial score (nSPS) is 11.2. The Balaban J connectivity index is 2.49. The summed E-state index contributed by atoms with van der Waals surface area (Å²) in [6, 6.07) is 6.45. The van der Waals surface area contributed by atoms with E-state index in [0.717, 1.165) is 0 Å². The Morgan fingerprint density at radius 2 is 1.68 bits per heavy atom. The van der Waals surface area contributed by atoms with Gasteiger partial charge in [-0.3, -0.25) is 4.79 Å². The van der Waals surface area contributed by atoms with Crippen molar-refractivity contribution in [2.75, 3.05) is 26.4 Å². The van der Waals surface area contributed by atoms with Gasteiger partial charge < -0.3 is 25.4 Å². The zero-order valence-electron chi connectivity index (χ0n) is 10.2. The number of hydrogen-bond acceptors (Lipinski definition) is 5. The van der Waals surface area contributed by atoms with Crippen molar-refractivity contribution in [3.63, 3.8) is 0 Å². The Kier molecular flexibility index (Phi) is 6.04. The van der Waals surface area contributed by atoms with Crippen LogP contribution in [0.5, 0.6) is 5.75 Å². The first-order chi connectivity index (χ1) is 9.05. The quantitative estimate of drug-likeness (QED) is 0.545. The Morgan fingerprint density at radius 3 is 2.16 bits per heavy atom. The number of hydrogen-bond donors (Lipinski definition) is 4. The number of benzene rings is 1. The first-order valence-electron chi connectivity index (χ1n) is 5.57. The second kappa shape index (κ2) is 7.30. The van der Waals surface area contributed by atoms with Gasteiger partial charge in [-0.25, -0.2) is 0 Å². The van der Waals surface area contributed by atoms with Gasteiger partial charge in [0.15, 0.2) is 6.61 Å². The van der Waals surface area contributed by atoms with Crippen LogP contribution in [0, 0.1) is 0 Å². The van der Waals surface area contributed by atoms with Gasteiger partial charge in [0.05, 0.1) is 19.8 Å². The molecule has 4 N–H and O–H groups in total. The minimum absolute atomic E-state index is 0.302. The highest BCUT2D eigenvalue weighted by atomic mass is 35.5. The van der Waals surface area contributed by atoms with Crippen LogP contribution in [0.2, 0.25) is 5.02 Å². The van der Waals surface area contributed by atoms with E-state index < -0.39 is 31.3 Å². The maximum Gasteiger partial charge on any atom is 0.258 e. The number of halogens is 1. The predicted octanol–water partition coefficient (Wildman–Crippen LogP) is -0.449. The highest BCUT2D eigenvalue weighted by Crippen LogP contribution is 2.15. The molecule has 106 valence electrons. The molecule has 0 aromatic heterocycles. The Labute approximate surface area is 115 Å². The minimum Gasteiger partial charge on any atom is -0.484 e. The number of aliphatic hydroxyl groups excluding tert-OH is 3. The van der Waals surface area contributed by atoms with Crippen molar-refractivity contribution in [3.8, 4) is 5.75 Å². The van der Waals surface area contributed by atoms with Crippen LogP contribution in [0.3, 0.4) is 0 Å². The molecule has 6 nitrogen and oxygen atoms in total. The molecule has 7 heteroatoms. The number of rotatable bonds is 7. The molecule has 0 saturated heterocycles. The maximum absolute atomic E-state index is 11.6. The van der Waals surface area contributed by atoms with Crippen molar-refractivity contribution in [2.45, 2.75) is 5.54 Å². The number of aliphatic hydroxyl groups is 3. The van der Waals surface area contributed by atoms with E-state index in [1.165, 1.54) is 0 Å². The molecule has 19 heavy (non-hydrogen) atoms. The van der Waals surface area contributed by atoms with Crippen molar-refractivity contribution < 1.29 is 24.9 Å². The third-order valence-electron chi connectivity index (χ3n) is 2.50. The molecular formula is C12H16ClNO5. The van der Waals surface area contributed by atoms with Gasteiger partial charge in [0.25, 0.3) is 5.91 Å². The van der Waals surface area contributed by atoms with Crippen LogP contribution < -0.4 is 10.1 Å². The molecule has 0 unspecified atom stereocenters. The fourth-order valence-electron chi connectivity index (χ4n) is 1.28. The smallest absolute Gasteiger partial charge is 0.258 e. The van der Waals surface area contributed by atoms with E-state index in [9.17, 15) is 4.79 Å². The highest BCUT2D eigenvalue weighted by Gasteiger charge is 2.29. The van der Waals surface area contributed by atoms with E-state index in [-0.39, 0.29) is 6.61 Å². The SMILES string of the molecule is O=C(COc1ccc(Cl)cc1)NC(CO)(CO)CO. The molecule has 1 aromatic rings. The summed E-state index contributed by atoms with van der Waals surface area (Å²) >= 11 is 5.70. The molecule has 1 aromatic carbocycles. The molecule has 0 heterocycles. The van der Waals surface area contributed by atoms with E-state index in [2.05, 4.69) is 5.32 Å². The minimum atomic E-state index is -1.44. The third kappa shape index (κ3) is 4.68. The summed E-state index contributed by atoms with van der Waals surface area (Å²) in [5.41, 5.74) is -1.44. The maximum atomic E-state index is 11.6. The standard InChI is InChI=1S/C12H16ClNO5/c13-9-1-3-10(4-2-9)19-5-11(18)14-12(6-15,7-16)8-17/h1-4,15-17H,5-8H2,(H,14,18). The van der Waals surface area contributed by atoms with E-state index in [4.69, 9.17) is 31.7 Å². The number of carbonyl (C=O) groups is 1. The second-order valence-electron chi connectivity index (χ2n) is 4.05. The van der Waals surface area contributed by atoms with Crippen LogP contribution >= 0.6 is 11.6 Å². The number of amides is 1. The van der Waals surface area contributed by atoms with Gasteiger partial charge in [-0.05, 0) is 24.3 Å². The third-order valence-corrected chi connectivity index (χ3v) is 2.75. The molecule has 0 atom stereocenters. The average Bonchev–Trinajstić information content (AvgIpc) is 2.44. The van der Waals surface area contributed by atoms with Crippen molar-refractivity contribution in [1.29, 1.82) is 0 Å². The molecular weight excluding hydrogens is 274 g/mol. The van der Waals surface area contributed by atoms with Crippen LogP contribution in [-0.4, -0.2) is 53.2 Å². The monoisotopic (exact) mass is 289 g/mol. The Hall–Kier alpha value is -1.34. The molecule has 0 aliphatic rings. The molecule has 0 bridgehead atoms. The summed E-state index contributed by atoms with van der Waals surface area (Å²) in [5.74, 6) is -0.103. The van der Waals surface area contributed by atoms with Crippen LogP contribution in [0.4, 0.5) is 0 Å². The first kappa shape index (κ1) is 15.7. The number of ether oxygens (including phenoxy) is 1. The van der Waals surface area contributed by atoms with Crippen molar-refractivity contribution in [1.82, 2.24) is 5.32 Å². The van der Waals surface area contributed by atoms with Gasteiger partial charge in [-0.15, -0.1) is 0 Å². The van der Waals surface area contributed by atoms with E-state index in [1.54, 1.807) is 24.3 Å². The van der Waals surface area contributed by atoms with E-state index in [1.807, 2.05) is 0 Å². The second-order valence-corrected chi connectivity index (χ2v) is 4.48. The zero-order valence-corrected chi connectivity index (χ0v) is 10.9. The molecule has 0 spiro atoms. The summed E-state index contributed by atoms with van der Waals surface area (Å²) in [4.78, 5) is 11.6. The van der Waals surface area contributed by atoms with Crippen molar-refractivity contribution in [2.24, 2.45) is 0 Å². The lowest BCUT2D eigenvalue weighted by Gasteiger charge is -2.28. The van der Waals surface area contributed by atoms with Crippen LogP contribution in [0.15, 0.2) is 24.3 Å².